The van der Waals surface area contributed by atoms with Gasteiger partial charge in [0.05, 0.1) is 5.56 Å². The fourth-order valence-electron chi connectivity index (χ4n) is 4.62. The lowest BCUT2D eigenvalue weighted by Gasteiger charge is -2.25. The highest BCUT2D eigenvalue weighted by atomic mass is 35.5. The molecule has 0 saturated heterocycles. The number of ether oxygens (including phenoxy) is 1. The van der Waals surface area contributed by atoms with Gasteiger partial charge in [-0.3, -0.25) is 9.59 Å². The van der Waals surface area contributed by atoms with Gasteiger partial charge >= 0.3 is 5.97 Å². The zero-order chi connectivity index (χ0) is 30.6. The van der Waals surface area contributed by atoms with Crippen LogP contribution in [0.1, 0.15) is 68.9 Å². The molecular weight excluding hydrogens is 559 g/mol. The first-order chi connectivity index (χ1) is 20.1. The molecule has 2 atom stereocenters. The number of carbonyl (C=O) groups excluding carboxylic acids is 3. The van der Waals surface area contributed by atoms with Crippen molar-refractivity contribution in [2.24, 2.45) is 11.5 Å². The van der Waals surface area contributed by atoms with Gasteiger partial charge in [0.1, 0.15) is 11.9 Å². The molecule has 2 amide bonds. The van der Waals surface area contributed by atoms with Crippen LogP contribution < -0.4 is 16.8 Å². The van der Waals surface area contributed by atoms with Crippen molar-refractivity contribution in [3.8, 4) is 0 Å². The highest BCUT2D eigenvalue weighted by Crippen LogP contribution is 2.19. The molecule has 0 radical (unpaired) electrons. The maximum absolute atomic E-state index is 14.0. The van der Waals surface area contributed by atoms with Crippen molar-refractivity contribution in [3.05, 3.63) is 105 Å². The van der Waals surface area contributed by atoms with E-state index in [2.05, 4.69) is 5.32 Å². The SMILES string of the molecule is CCCN(CCC)C(=O)c1cc(C(N)=O)cc(C(=O)O[C@H](CNCc2ccccc2)[C@@H](N)Cc2cc(F)cc(Cl)c2)c1. The molecule has 0 aliphatic carbocycles. The van der Waals surface area contributed by atoms with E-state index < -0.39 is 29.8 Å². The molecule has 0 bridgehead atoms. The number of amides is 2. The van der Waals surface area contributed by atoms with Crippen LogP contribution in [0.2, 0.25) is 5.02 Å². The van der Waals surface area contributed by atoms with Gasteiger partial charge in [-0.15, -0.1) is 0 Å². The van der Waals surface area contributed by atoms with Crippen molar-refractivity contribution in [2.75, 3.05) is 19.6 Å². The summed E-state index contributed by atoms with van der Waals surface area (Å²) in [6, 6.07) is 17.1. The number of hydrogen-bond donors (Lipinski definition) is 3. The highest BCUT2D eigenvalue weighted by molar-refractivity contribution is 6.30. The number of nitrogens with two attached hydrogens (primary N) is 2. The second-order valence-corrected chi connectivity index (χ2v) is 10.6. The largest absolute Gasteiger partial charge is 0.456 e. The Labute approximate surface area is 251 Å². The smallest absolute Gasteiger partial charge is 0.338 e. The number of nitrogens with zero attached hydrogens (tertiary/aromatic N) is 1. The minimum Gasteiger partial charge on any atom is -0.456 e. The average molecular weight is 597 g/mol. The molecular formula is C32H38ClFN4O4. The van der Waals surface area contributed by atoms with Crippen LogP contribution in [0.5, 0.6) is 0 Å². The monoisotopic (exact) mass is 596 g/mol. The molecule has 10 heteroatoms. The van der Waals surface area contributed by atoms with Crippen molar-refractivity contribution in [1.82, 2.24) is 10.2 Å². The van der Waals surface area contributed by atoms with E-state index in [9.17, 15) is 18.8 Å². The van der Waals surface area contributed by atoms with E-state index in [-0.39, 0.29) is 40.6 Å². The Balaban J connectivity index is 1.87. The molecule has 0 heterocycles. The Morgan fingerprint density at radius 2 is 1.57 bits per heavy atom. The van der Waals surface area contributed by atoms with Crippen molar-refractivity contribution in [1.29, 1.82) is 0 Å². The predicted molar refractivity (Wildman–Crippen MR) is 162 cm³/mol. The number of primary amides is 1. The van der Waals surface area contributed by atoms with Gasteiger partial charge in [0.25, 0.3) is 5.91 Å². The molecule has 0 unspecified atom stereocenters. The average Bonchev–Trinajstić information content (AvgIpc) is 2.95. The lowest BCUT2D eigenvalue weighted by Crippen LogP contribution is -2.46. The molecule has 0 saturated carbocycles. The zero-order valence-corrected chi connectivity index (χ0v) is 24.7. The van der Waals surface area contributed by atoms with Crippen LogP contribution in [0.15, 0.2) is 66.7 Å². The molecule has 0 aromatic heterocycles. The molecule has 0 aliphatic rings. The molecule has 0 spiro atoms. The minimum atomic E-state index is -0.851. The van der Waals surface area contributed by atoms with Gasteiger partial charge in [-0.1, -0.05) is 55.8 Å². The normalized spacial score (nSPS) is 12.4. The summed E-state index contributed by atoms with van der Waals surface area (Å²) in [5.41, 5.74) is 13.8. The first-order valence-electron chi connectivity index (χ1n) is 14.0. The highest BCUT2D eigenvalue weighted by Gasteiger charge is 2.26. The van der Waals surface area contributed by atoms with Gasteiger partial charge in [-0.2, -0.15) is 0 Å². The number of halogens is 2. The third-order valence-corrected chi connectivity index (χ3v) is 6.84. The van der Waals surface area contributed by atoms with Crippen LogP contribution in [0.4, 0.5) is 4.39 Å². The van der Waals surface area contributed by atoms with E-state index in [0.29, 0.717) is 25.2 Å². The number of rotatable bonds is 15. The van der Waals surface area contributed by atoms with Crippen molar-refractivity contribution in [3.63, 3.8) is 0 Å². The quantitative estimate of drug-likeness (QED) is 0.218. The Morgan fingerprint density at radius 1 is 0.929 bits per heavy atom. The molecule has 3 rings (SSSR count). The second kappa shape index (κ2) is 16.0. The minimum absolute atomic E-state index is 0.00310. The molecule has 224 valence electrons. The van der Waals surface area contributed by atoms with Crippen LogP contribution in [-0.4, -0.2) is 54.5 Å². The number of hydrogen-bond acceptors (Lipinski definition) is 6. The predicted octanol–water partition coefficient (Wildman–Crippen LogP) is 4.73. The Hall–Kier alpha value is -3.79. The molecule has 0 aliphatic heterocycles. The van der Waals surface area contributed by atoms with Gasteiger partial charge in [0.2, 0.25) is 5.91 Å². The van der Waals surface area contributed by atoms with Crippen LogP contribution in [-0.2, 0) is 17.7 Å². The van der Waals surface area contributed by atoms with Crippen molar-refractivity contribution >= 4 is 29.4 Å². The van der Waals surface area contributed by atoms with Crippen LogP contribution in [0.3, 0.4) is 0 Å². The summed E-state index contributed by atoms with van der Waals surface area (Å²) in [4.78, 5) is 40.5. The summed E-state index contributed by atoms with van der Waals surface area (Å²) in [5, 5.41) is 3.49. The van der Waals surface area contributed by atoms with Crippen LogP contribution in [0.25, 0.3) is 0 Å². The standard InChI is InChI=1S/C32H38ClFN4O4/c1-3-10-38(11-4-2)31(40)24-15-23(30(36)39)16-25(17-24)32(41)42-29(20-37-19-21-8-6-5-7-9-21)28(35)14-22-12-26(33)18-27(34)13-22/h5-9,12-13,15-18,28-29,37H,3-4,10-11,14,19-20,35H2,1-2H3,(H2,36,39)/t28-,29+/m0/s1. The third-order valence-electron chi connectivity index (χ3n) is 6.62. The second-order valence-electron chi connectivity index (χ2n) is 10.2. The van der Waals surface area contributed by atoms with Gasteiger partial charge in [-0.25, -0.2) is 9.18 Å². The number of benzene rings is 3. The fourth-order valence-corrected chi connectivity index (χ4v) is 4.87. The van der Waals surface area contributed by atoms with Crippen molar-refractivity contribution < 1.29 is 23.5 Å². The van der Waals surface area contributed by atoms with E-state index >= 15 is 0 Å². The number of esters is 1. The maximum Gasteiger partial charge on any atom is 0.338 e. The Morgan fingerprint density at radius 3 is 2.19 bits per heavy atom. The van der Waals surface area contributed by atoms with Crippen LogP contribution in [0, 0.1) is 5.82 Å². The topological polar surface area (TPSA) is 128 Å². The summed E-state index contributed by atoms with van der Waals surface area (Å²) in [5.74, 6) is -2.36. The van der Waals surface area contributed by atoms with E-state index in [1.807, 2.05) is 44.2 Å². The number of nitrogens with one attached hydrogen (secondary N) is 1. The fraction of sp³-hybridized carbons (Fsp3) is 0.344. The van der Waals surface area contributed by atoms with E-state index in [1.165, 1.54) is 30.3 Å². The van der Waals surface area contributed by atoms with Gasteiger partial charge in [-0.05, 0) is 66.8 Å². The van der Waals surface area contributed by atoms with Gasteiger partial charge < -0.3 is 26.4 Å². The molecule has 3 aromatic carbocycles. The van der Waals surface area contributed by atoms with E-state index in [4.69, 9.17) is 27.8 Å². The van der Waals surface area contributed by atoms with Gasteiger partial charge in [0.15, 0.2) is 0 Å². The molecule has 8 nitrogen and oxygen atoms in total. The van der Waals surface area contributed by atoms with Gasteiger partial charge in [0, 0.05) is 48.4 Å². The molecule has 5 N–H and O–H groups in total. The Bertz CT molecular complexity index is 1350. The molecule has 3 aromatic rings. The summed E-state index contributed by atoms with van der Waals surface area (Å²) in [6.45, 7) is 5.67. The van der Waals surface area contributed by atoms with Crippen molar-refractivity contribution in [2.45, 2.75) is 51.8 Å². The summed E-state index contributed by atoms with van der Waals surface area (Å²) < 4.78 is 19.8. The summed E-state index contributed by atoms with van der Waals surface area (Å²) in [7, 11) is 0. The van der Waals surface area contributed by atoms with E-state index in [0.717, 1.165) is 18.4 Å². The molecule has 42 heavy (non-hydrogen) atoms. The lowest BCUT2D eigenvalue weighted by atomic mass is 10.0. The molecule has 0 fully saturated rings. The summed E-state index contributed by atoms with van der Waals surface area (Å²) >= 11 is 6.02. The maximum atomic E-state index is 14.0. The number of carbonyl (C=O) groups is 3. The third kappa shape index (κ3) is 9.65. The van der Waals surface area contributed by atoms with E-state index in [1.54, 1.807) is 11.0 Å². The lowest BCUT2D eigenvalue weighted by molar-refractivity contribution is 0.0238. The zero-order valence-electron chi connectivity index (χ0n) is 23.9. The first kappa shape index (κ1) is 32.7. The first-order valence-corrected chi connectivity index (χ1v) is 14.4. The summed E-state index contributed by atoms with van der Waals surface area (Å²) in [6.07, 6.45) is 0.831. The van der Waals surface area contributed by atoms with Crippen LogP contribution >= 0.6 is 11.6 Å². The Kier molecular flexibility index (Phi) is 12.5.